The van der Waals surface area contributed by atoms with E-state index in [1.54, 1.807) is 11.3 Å². The van der Waals surface area contributed by atoms with Crippen LogP contribution in [0.1, 0.15) is 43.8 Å². The van der Waals surface area contributed by atoms with Crippen molar-refractivity contribution in [2.75, 3.05) is 11.4 Å². The maximum absolute atomic E-state index is 9.58. The number of aromatic nitrogens is 2. The highest BCUT2D eigenvalue weighted by atomic mass is 32.1. The van der Waals surface area contributed by atoms with Crippen molar-refractivity contribution in [3.63, 3.8) is 0 Å². The maximum atomic E-state index is 9.58. The number of rotatable bonds is 5. The van der Waals surface area contributed by atoms with Gasteiger partial charge in [-0.2, -0.15) is 0 Å². The van der Waals surface area contributed by atoms with Crippen LogP contribution in [0.25, 0.3) is 0 Å². The Hall–Kier alpha value is -1.46. The number of thiazole rings is 1. The molecule has 0 spiro atoms. The molecule has 0 aliphatic rings. The Kier molecular flexibility index (Phi) is 4.96. The number of pyridine rings is 1. The monoisotopic (exact) mass is 305 g/mol. The Morgan fingerprint density at radius 2 is 1.90 bits per heavy atom. The van der Waals surface area contributed by atoms with Gasteiger partial charge in [-0.25, -0.2) is 4.98 Å². The van der Waals surface area contributed by atoms with Gasteiger partial charge in [-0.15, -0.1) is 0 Å². The molecule has 0 fully saturated rings. The Morgan fingerprint density at radius 1 is 1.24 bits per heavy atom. The predicted molar refractivity (Wildman–Crippen MR) is 87.7 cm³/mol. The molecule has 0 aliphatic heterocycles. The van der Waals surface area contributed by atoms with Gasteiger partial charge >= 0.3 is 0 Å². The molecular weight excluding hydrogens is 282 g/mol. The summed E-state index contributed by atoms with van der Waals surface area (Å²) in [5.74, 6) is 0. The highest BCUT2D eigenvalue weighted by molar-refractivity contribution is 7.15. The lowest BCUT2D eigenvalue weighted by molar-refractivity contribution is 0.282. The van der Waals surface area contributed by atoms with Crippen LogP contribution in [0.15, 0.2) is 24.5 Å². The summed E-state index contributed by atoms with van der Waals surface area (Å²) in [5, 5.41) is 10.6. The molecule has 0 saturated carbocycles. The topological polar surface area (TPSA) is 49.2 Å². The molecule has 0 aromatic carbocycles. The molecule has 0 atom stereocenters. The fourth-order valence-electron chi connectivity index (χ4n) is 2.19. The fraction of sp³-hybridized carbons (Fsp3) is 0.500. The Morgan fingerprint density at radius 3 is 2.38 bits per heavy atom. The van der Waals surface area contributed by atoms with E-state index in [9.17, 15) is 5.11 Å². The van der Waals surface area contributed by atoms with Gasteiger partial charge in [0.15, 0.2) is 5.13 Å². The lowest BCUT2D eigenvalue weighted by atomic mass is 9.91. The Bertz CT molecular complexity index is 575. The van der Waals surface area contributed by atoms with Crippen molar-refractivity contribution in [1.82, 2.24) is 9.97 Å². The largest absolute Gasteiger partial charge is 0.391 e. The van der Waals surface area contributed by atoms with E-state index < -0.39 is 0 Å². The second-order valence-corrected chi connectivity index (χ2v) is 7.11. The maximum Gasteiger partial charge on any atom is 0.186 e. The zero-order valence-electron chi connectivity index (χ0n) is 13.1. The van der Waals surface area contributed by atoms with Crippen LogP contribution in [0.5, 0.6) is 0 Å². The van der Waals surface area contributed by atoms with Crippen LogP contribution in [-0.2, 0) is 18.6 Å². The number of nitrogens with zero attached hydrogens (tertiary/aromatic N) is 3. The minimum absolute atomic E-state index is 0.0527. The highest BCUT2D eigenvalue weighted by Gasteiger charge is 2.24. The number of hydrogen-bond acceptors (Lipinski definition) is 5. The van der Waals surface area contributed by atoms with E-state index in [0.717, 1.165) is 28.8 Å². The van der Waals surface area contributed by atoms with Gasteiger partial charge in [0.1, 0.15) is 0 Å². The first-order chi connectivity index (χ1) is 9.95. The fourth-order valence-corrected chi connectivity index (χ4v) is 3.38. The van der Waals surface area contributed by atoms with Crippen molar-refractivity contribution in [2.24, 2.45) is 0 Å². The summed E-state index contributed by atoms with van der Waals surface area (Å²) in [6.45, 7) is 10.2. The molecule has 2 aromatic heterocycles. The van der Waals surface area contributed by atoms with Crippen LogP contribution in [0.3, 0.4) is 0 Å². The molecule has 1 N–H and O–H groups in total. The van der Waals surface area contributed by atoms with Gasteiger partial charge in [0.2, 0.25) is 0 Å². The Labute approximate surface area is 130 Å². The molecular formula is C16H23N3OS. The van der Waals surface area contributed by atoms with Crippen LogP contribution in [0, 0.1) is 0 Å². The number of aliphatic hydroxyl groups excluding tert-OH is 1. The first kappa shape index (κ1) is 15.9. The average molecular weight is 305 g/mol. The summed E-state index contributed by atoms with van der Waals surface area (Å²) in [7, 11) is 0. The molecule has 0 amide bonds. The van der Waals surface area contributed by atoms with Gasteiger partial charge in [0, 0.05) is 30.9 Å². The molecule has 0 radical (unpaired) electrons. The summed E-state index contributed by atoms with van der Waals surface area (Å²) >= 11 is 1.59. The van der Waals surface area contributed by atoms with Gasteiger partial charge < -0.3 is 10.0 Å². The summed E-state index contributed by atoms with van der Waals surface area (Å²) < 4.78 is 0. The van der Waals surface area contributed by atoms with Gasteiger partial charge in [-0.3, -0.25) is 4.98 Å². The second kappa shape index (κ2) is 6.54. The van der Waals surface area contributed by atoms with E-state index in [-0.39, 0.29) is 12.0 Å². The standard InChI is InChI=1S/C16H23N3OS/c1-5-19(10-12-6-8-17-9-7-12)15-18-14(16(2,3)4)13(11-20)21-15/h6-9,20H,5,10-11H2,1-4H3. The minimum atomic E-state index is -0.0527. The second-order valence-electron chi connectivity index (χ2n) is 6.05. The lowest BCUT2D eigenvalue weighted by Gasteiger charge is -2.20. The van der Waals surface area contributed by atoms with Gasteiger partial charge in [0.05, 0.1) is 17.2 Å². The zero-order chi connectivity index (χ0) is 15.5. The van der Waals surface area contributed by atoms with Gasteiger partial charge in [-0.05, 0) is 24.6 Å². The van der Waals surface area contributed by atoms with Crippen molar-refractivity contribution in [1.29, 1.82) is 0 Å². The van der Waals surface area contributed by atoms with Crippen LogP contribution >= 0.6 is 11.3 Å². The molecule has 4 nitrogen and oxygen atoms in total. The third-order valence-corrected chi connectivity index (χ3v) is 4.42. The molecule has 0 aliphatic carbocycles. The average Bonchev–Trinajstić information content (AvgIpc) is 2.90. The third kappa shape index (κ3) is 3.80. The van der Waals surface area contributed by atoms with Crippen molar-refractivity contribution < 1.29 is 5.11 Å². The first-order valence-electron chi connectivity index (χ1n) is 7.20. The summed E-state index contributed by atoms with van der Waals surface area (Å²) in [6, 6.07) is 4.04. The van der Waals surface area contributed by atoms with E-state index in [1.807, 2.05) is 24.5 Å². The van der Waals surface area contributed by atoms with E-state index >= 15 is 0 Å². The van der Waals surface area contributed by atoms with Gasteiger partial charge in [-0.1, -0.05) is 32.1 Å². The van der Waals surface area contributed by atoms with Crippen LogP contribution < -0.4 is 4.90 Å². The van der Waals surface area contributed by atoms with E-state index in [2.05, 4.69) is 37.6 Å². The molecule has 21 heavy (non-hydrogen) atoms. The molecule has 5 heteroatoms. The minimum Gasteiger partial charge on any atom is -0.391 e. The quantitative estimate of drug-likeness (QED) is 0.920. The highest BCUT2D eigenvalue weighted by Crippen LogP contribution is 2.34. The Balaban J connectivity index is 2.28. The van der Waals surface area contributed by atoms with Crippen molar-refractivity contribution >= 4 is 16.5 Å². The summed E-state index contributed by atoms with van der Waals surface area (Å²) in [6.07, 6.45) is 3.62. The zero-order valence-corrected chi connectivity index (χ0v) is 13.9. The number of anilines is 1. The SMILES string of the molecule is CCN(Cc1ccncc1)c1nc(C(C)(C)C)c(CO)s1. The smallest absolute Gasteiger partial charge is 0.186 e. The lowest BCUT2D eigenvalue weighted by Crippen LogP contribution is -2.22. The predicted octanol–water partition coefficient (Wildman–Crippen LogP) is 3.35. The van der Waals surface area contributed by atoms with E-state index in [1.165, 1.54) is 5.56 Å². The van der Waals surface area contributed by atoms with Crippen molar-refractivity contribution in [3.8, 4) is 0 Å². The molecule has 2 aromatic rings. The third-order valence-electron chi connectivity index (χ3n) is 3.32. The van der Waals surface area contributed by atoms with Crippen molar-refractivity contribution in [2.45, 2.75) is 46.3 Å². The summed E-state index contributed by atoms with van der Waals surface area (Å²) in [4.78, 5) is 12.0. The first-order valence-corrected chi connectivity index (χ1v) is 8.02. The molecule has 0 bridgehead atoms. The molecule has 0 unspecified atom stereocenters. The normalized spacial score (nSPS) is 11.7. The van der Waals surface area contributed by atoms with Crippen LogP contribution in [-0.4, -0.2) is 21.6 Å². The molecule has 2 rings (SSSR count). The van der Waals surface area contributed by atoms with E-state index in [4.69, 9.17) is 4.98 Å². The van der Waals surface area contributed by atoms with Crippen molar-refractivity contribution in [3.05, 3.63) is 40.7 Å². The number of aliphatic hydroxyl groups is 1. The van der Waals surface area contributed by atoms with Crippen LogP contribution in [0.2, 0.25) is 0 Å². The molecule has 0 saturated heterocycles. The van der Waals surface area contributed by atoms with E-state index in [0.29, 0.717) is 0 Å². The molecule has 2 heterocycles. The van der Waals surface area contributed by atoms with Gasteiger partial charge in [0.25, 0.3) is 0 Å². The summed E-state index contributed by atoms with van der Waals surface area (Å²) in [5.41, 5.74) is 2.16. The number of hydrogen-bond donors (Lipinski definition) is 1. The molecule has 114 valence electrons. The van der Waals surface area contributed by atoms with Crippen LogP contribution in [0.4, 0.5) is 5.13 Å².